The molecule has 0 amide bonds. The lowest BCUT2D eigenvalue weighted by atomic mass is 10.2. The predicted octanol–water partition coefficient (Wildman–Crippen LogP) is 8.18. The fourth-order valence-corrected chi connectivity index (χ4v) is 8.47. The molecule has 12 N–H and O–H groups in total. The van der Waals surface area contributed by atoms with Gasteiger partial charge in [0.1, 0.15) is 38.2 Å². The molecule has 0 atom stereocenters. The number of hydrogen-bond acceptors (Lipinski definition) is 26. The molecular weight excluding hydrogens is 1080 g/mol. The highest BCUT2D eigenvalue weighted by atomic mass is 35.5. The van der Waals surface area contributed by atoms with Crippen LogP contribution in [-0.4, -0.2) is 95.2 Å². The van der Waals surface area contributed by atoms with Crippen molar-refractivity contribution in [3.63, 3.8) is 0 Å². The van der Waals surface area contributed by atoms with Crippen LogP contribution in [0, 0.1) is 6.08 Å². The Kier molecular flexibility index (Phi) is 15.9. The Balaban J connectivity index is 1.20. The first kappa shape index (κ1) is 54.0. The highest BCUT2D eigenvalue weighted by molar-refractivity contribution is 7.94. The van der Waals surface area contributed by atoms with E-state index in [4.69, 9.17) is 28.3 Å². The third kappa shape index (κ3) is 13.9. The van der Waals surface area contributed by atoms with Crippen molar-refractivity contribution in [1.29, 1.82) is 0 Å². The van der Waals surface area contributed by atoms with Crippen molar-refractivity contribution in [1.82, 2.24) is 34.4 Å². The summed E-state index contributed by atoms with van der Waals surface area (Å²) >= 11 is 6.52. The molecule has 0 aliphatic carbocycles. The summed E-state index contributed by atoms with van der Waals surface area (Å²) in [6, 6.07) is 20.0. The molecule has 2 aromatic heterocycles. The van der Waals surface area contributed by atoms with Crippen LogP contribution >= 0.6 is 23.6 Å². The summed E-state index contributed by atoms with van der Waals surface area (Å²) in [7, 11) is -8.86. The second-order valence-corrected chi connectivity index (χ2v) is 20.9. The molecule has 35 heteroatoms. The van der Waals surface area contributed by atoms with Crippen LogP contribution in [0.3, 0.4) is 0 Å². The van der Waals surface area contributed by atoms with Crippen molar-refractivity contribution in [2.24, 2.45) is 20.5 Å². The Morgan fingerprint density at radius 2 is 1.11 bits per heavy atom. The van der Waals surface area contributed by atoms with Gasteiger partial charge >= 0.3 is 6.08 Å². The van der Waals surface area contributed by atoms with Gasteiger partial charge in [0.2, 0.25) is 29.1 Å². The second kappa shape index (κ2) is 21.8. The number of nitrogens with two attached hydrogens (primary N) is 2. The lowest BCUT2D eigenvalue weighted by Gasteiger charge is -2.23. The van der Waals surface area contributed by atoms with Gasteiger partial charge in [-0.15, -0.1) is 24.8 Å². The maximum atomic E-state index is 14.7. The molecular formula is C39H36ClFN17O12S4+. The second-order valence-electron chi connectivity index (χ2n) is 15.6. The Morgan fingerprint density at radius 1 is 0.595 bits per heavy atom. The maximum absolute atomic E-state index is 14.7. The fraction of sp³-hybridized carbons (Fsp3) is 0.0769. The first-order valence-corrected chi connectivity index (χ1v) is 25.5. The van der Waals surface area contributed by atoms with Crippen LogP contribution in [0.25, 0.3) is 0 Å². The normalized spacial score (nSPS) is 12.3. The van der Waals surface area contributed by atoms with E-state index in [9.17, 15) is 43.3 Å². The molecule has 0 aliphatic rings. The summed E-state index contributed by atoms with van der Waals surface area (Å²) in [6.45, 7) is 0. The molecule has 0 bridgehead atoms. The summed E-state index contributed by atoms with van der Waals surface area (Å²) in [5.74, 6) is -0.922. The summed E-state index contributed by atoms with van der Waals surface area (Å²) in [6.07, 6.45) is -1.15. The summed E-state index contributed by atoms with van der Waals surface area (Å²) in [4.78, 5) is 21.4. The van der Waals surface area contributed by atoms with E-state index in [1.807, 2.05) is 33.3 Å². The van der Waals surface area contributed by atoms with Gasteiger partial charge in [0, 0.05) is 34.9 Å². The number of quaternary nitrogens is 1. The quantitative estimate of drug-likeness (QED) is 0.00693. The zero-order valence-electron chi connectivity index (χ0n) is 37.7. The molecule has 29 nitrogen and oxygen atoms in total. The van der Waals surface area contributed by atoms with E-state index in [1.165, 1.54) is 30.3 Å². The molecule has 0 saturated heterocycles. The number of nitrogen functional groups attached to an aromatic ring is 2. The first-order valence-electron chi connectivity index (χ1n) is 20.1. The minimum absolute atomic E-state index is 0.0218. The van der Waals surface area contributed by atoms with Crippen molar-refractivity contribution in [3.8, 4) is 0 Å². The lowest BCUT2D eigenvalue weighted by molar-refractivity contribution is -0.432. The van der Waals surface area contributed by atoms with Gasteiger partial charge in [-0.1, -0.05) is 11.1 Å². The van der Waals surface area contributed by atoms with Crippen molar-refractivity contribution < 1.29 is 57.9 Å². The van der Waals surface area contributed by atoms with Gasteiger partial charge in [-0.25, -0.2) is 5.26 Å². The van der Waals surface area contributed by atoms with Gasteiger partial charge in [0.05, 0.1) is 54.4 Å². The smallest absolute Gasteiger partial charge is 0.315 e. The van der Waals surface area contributed by atoms with E-state index in [-0.39, 0.29) is 56.7 Å². The average Bonchev–Trinajstić information content (AvgIpc) is 3.29. The Morgan fingerprint density at radius 3 is 1.68 bits per heavy atom. The third-order valence-corrected chi connectivity index (χ3v) is 13.0. The topological polar surface area (TPSA) is 429 Å². The molecule has 74 heavy (non-hydrogen) atoms. The summed E-state index contributed by atoms with van der Waals surface area (Å²) in [5.41, 5.74) is 11.0. The fourth-order valence-electron chi connectivity index (χ4n) is 6.13. The van der Waals surface area contributed by atoms with Crippen molar-refractivity contribution in [2.45, 2.75) is 19.6 Å². The van der Waals surface area contributed by atoms with Gasteiger partial charge in [0.15, 0.2) is 0 Å². The SMILES string of the molecule is C[N+](C)(C)c1ccc(Nc2nc(F)nc(Nc3ccc(SOOO)c(N=Nc4c(N)c(N=Nc5cc(Nc6nc(Cl)nc(Nc7cccc(S(=O)(=O)O)c7)n6)ccc5S(=O)(=O)O)cc(S(=O)(=O)O)c4N)c3)n2)cc1. The van der Waals surface area contributed by atoms with E-state index in [0.717, 1.165) is 36.0 Å². The number of rotatable bonds is 19. The van der Waals surface area contributed by atoms with Crippen LogP contribution in [0.1, 0.15) is 0 Å². The van der Waals surface area contributed by atoms with Gasteiger partial charge in [0.25, 0.3) is 30.4 Å². The van der Waals surface area contributed by atoms with Gasteiger partial charge < -0.3 is 32.7 Å². The first-order chi connectivity index (χ1) is 34.7. The molecule has 0 fully saturated rings. The number of nitrogens with one attached hydrogen (secondary N) is 4. The molecule has 386 valence electrons. The standard InChI is InChI=1S/C39H35ClFN17O12S4/c1-58(2,3)23-11-7-19(8-12-23)44-38-50-35(41)51-39(53-38)47-21-9-13-28(71-70-69-59)25(16-21)54-57-33-31(42)27(18-30(32(33)43)74(66,67)68)56-55-26-17-22(10-14-29(26)73(63,64)65)46-37-49-34(40)48-36(52-37)45-20-5-4-6-24(15-20)72(60,61)62/h4-18H,42-43H2,1-3H3,(H7-,44,45,46,47,48,49,50,51,52,53,59,60,61,62,63,64,65,66,67,68)/p+1. The van der Waals surface area contributed by atoms with Crippen LogP contribution in [0.15, 0.2) is 131 Å². The monoisotopic (exact) mass is 1120 g/mol. The predicted molar refractivity (Wildman–Crippen MR) is 267 cm³/mol. The van der Waals surface area contributed by atoms with Gasteiger partial charge in [-0.3, -0.25) is 18.1 Å². The molecule has 0 unspecified atom stereocenters. The Bertz CT molecular complexity index is 3710. The van der Waals surface area contributed by atoms with Crippen molar-refractivity contribution in [3.05, 3.63) is 102 Å². The van der Waals surface area contributed by atoms with Crippen LogP contribution < -0.4 is 37.2 Å². The van der Waals surface area contributed by atoms with Crippen LogP contribution in [0.2, 0.25) is 5.28 Å². The van der Waals surface area contributed by atoms with Crippen LogP contribution in [0.4, 0.5) is 90.7 Å². The maximum Gasteiger partial charge on any atom is 0.315 e. The number of nitrogens with zero attached hydrogens (tertiary/aromatic N) is 11. The summed E-state index contributed by atoms with van der Waals surface area (Å²) < 4.78 is 123. The molecule has 7 aromatic rings. The van der Waals surface area contributed by atoms with Crippen molar-refractivity contribution >= 4 is 140 Å². The highest BCUT2D eigenvalue weighted by Gasteiger charge is 2.24. The zero-order valence-corrected chi connectivity index (χ0v) is 41.7. The largest absolute Gasteiger partial charge is 0.396 e. The van der Waals surface area contributed by atoms with E-state index in [2.05, 4.69) is 81.0 Å². The Labute approximate surface area is 426 Å². The molecule has 7 rings (SSSR count). The van der Waals surface area contributed by atoms with Crippen LogP contribution in [0.5, 0.6) is 0 Å². The highest BCUT2D eigenvalue weighted by Crippen LogP contribution is 2.44. The van der Waals surface area contributed by atoms with Gasteiger partial charge in [-0.05, 0) is 84.4 Å². The van der Waals surface area contributed by atoms with Crippen molar-refractivity contribution in [2.75, 3.05) is 53.9 Å². The van der Waals surface area contributed by atoms with Crippen LogP contribution in [-0.2, 0) is 39.7 Å². The van der Waals surface area contributed by atoms with E-state index >= 15 is 0 Å². The minimum Gasteiger partial charge on any atom is -0.396 e. The molecule has 0 aliphatic heterocycles. The van der Waals surface area contributed by atoms with E-state index in [1.54, 1.807) is 12.1 Å². The van der Waals surface area contributed by atoms with Gasteiger partial charge in [-0.2, -0.15) is 59.5 Å². The lowest BCUT2D eigenvalue weighted by Crippen LogP contribution is -2.34. The summed E-state index contributed by atoms with van der Waals surface area (Å²) in [5, 5.41) is 39.2. The molecule has 0 saturated carbocycles. The average molecular weight is 1120 g/mol. The number of aromatic nitrogens is 6. The number of benzene rings is 5. The molecule has 0 spiro atoms. The number of azo groups is 2. The van der Waals surface area contributed by atoms with E-state index < -0.39 is 79.6 Å². The molecule has 0 radical (unpaired) electrons. The third-order valence-electron chi connectivity index (χ3n) is 9.49. The molecule has 5 aromatic carbocycles. The molecule has 2 heterocycles. The number of halogens is 2. The number of hydrogen-bond donors (Lipinski definition) is 10. The minimum atomic E-state index is -5.20. The van der Waals surface area contributed by atoms with E-state index in [0.29, 0.717) is 28.3 Å². The number of anilines is 10. The Hall–Kier alpha value is -7.74. The zero-order chi connectivity index (χ0) is 53.8.